The molecule has 0 aliphatic carbocycles. The van der Waals surface area contributed by atoms with Crippen LogP contribution < -0.4 is 15.1 Å². The molecule has 1 aromatic carbocycles. The average Bonchev–Trinajstić information content (AvgIpc) is 2.93. The zero-order chi connectivity index (χ0) is 23.1. The smallest absolute Gasteiger partial charge is 0.406 e. The number of anilines is 2. The van der Waals surface area contributed by atoms with Gasteiger partial charge in [-0.15, -0.1) is 0 Å². The van der Waals surface area contributed by atoms with E-state index in [4.69, 9.17) is 4.74 Å². The third kappa shape index (κ3) is 5.89. The van der Waals surface area contributed by atoms with Gasteiger partial charge in [-0.3, -0.25) is 4.79 Å². The number of nitrogens with one attached hydrogen (secondary N) is 1. The van der Waals surface area contributed by atoms with Gasteiger partial charge in [0.1, 0.15) is 11.4 Å². The summed E-state index contributed by atoms with van der Waals surface area (Å²) >= 11 is 1.45. The Bertz CT molecular complexity index is 958. The third-order valence-electron chi connectivity index (χ3n) is 5.19. The highest BCUT2D eigenvalue weighted by molar-refractivity contribution is 7.98. The van der Waals surface area contributed by atoms with Crippen molar-refractivity contribution in [3.63, 3.8) is 0 Å². The van der Waals surface area contributed by atoms with E-state index in [1.165, 1.54) is 18.9 Å². The molecule has 0 saturated heterocycles. The molecule has 10 heteroatoms. The van der Waals surface area contributed by atoms with Crippen LogP contribution in [0, 0.1) is 0 Å². The van der Waals surface area contributed by atoms with Crippen molar-refractivity contribution in [3.05, 3.63) is 41.6 Å². The second-order valence-corrected chi connectivity index (χ2v) is 8.24. The number of benzene rings is 1. The zero-order valence-electron chi connectivity index (χ0n) is 18.8. The van der Waals surface area contributed by atoms with Crippen molar-refractivity contribution >= 4 is 35.3 Å². The molecule has 0 radical (unpaired) electrons. The summed E-state index contributed by atoms with van der Waals surface area (Å²) in [6.45, 7) is 4.04. The largest absolute Gasteiger partial charge is 0.453 e. The Morgan fingerprint density at radius 2 is 2.16 bits per heavy atom. The molecule has 0 bridgehead atoms. The maximum atomic E-state index is 13.3. The number of aromatic nitrogens is 2. The van der Waals surface area contributed by atoms with E-state index >= 15 is 0 Å². The standard InChI is InChI=1S/C22H29N5O4S/c1-15(8-9-23-22(29)30-3)31-14-16-6-5-7-17(12-16)27-11-10-26(2)19-18(20(27)28)13-24-21(25-19)32-4/h5-7,12-13,15H,8-11,14H2,1-4H3,(H,23,29). The zero-order valence-corrected chi connectivity index (χ0v) is 19.6. The first-order chi connectivity index (χ1) is 15.4. The lowest BCUT2D eigenvalue weighted by molar-refractivity contribution is 0.0477. The van der Waals surface area contributed by atoms with Gasteiger partial charge in [-0.05, 0) is 37.3 Å². The van der Waals surface area contributed by atoms with Crippen molar-refractivity contribution in [1.29, 1.82) is 0 Å². The molecule has 172 valence electrons. The molecule has 1 atom stereocenters. The number of amides is 2. The minimum Gasteiger partial charge on any atom is -0.453 e. The van der Waals surface area contributed by atoms with Crippen molar-refractivity contribution in [2.24, 2.45) is 0 Å². The highest BCUT2D eigenvalue weighted by Crippen LogP contribution is 2.27. The van der Waals surface area contributed by atoms with Crippen LogP contribution >= 0.6 is 11.8 Å². The molecular formula is C22H29N5O4S. The van der Waals surface area contributed by atoms with Crippen LogP contribution in [0.5, 0.6) is 0 Å². The summed E-state index contributed by atoms with van der Waals surface area (Å²) in [4.78, 5) is 37.0. The van der Waals surface area contributed by atoms with Gasteiger partial charge in [0.25, 0.3) is 5.91 Å². The van der Waals surface area contributed by atoms with Gasteiger partial charge in [0.05, 0.1) is 19.8 Å². The van der Waals surface area contributed by atoms with E-state index in [0.717, 1.165) is 11.3 Å². The fourth-order valence-corrected chi connectivity index (χ4v) is 3.67. The Balaban J connectivity index is 1.67. The fourth-order valence-electron chi connectivity index (χ4n) is 3.33. The summed E-state index contributed by atoms with van der Waals surface area (Å²) in [5, 5.41) is 3.29. The first kappa shape index (κ1) is 23.8. The number of rotatable bonds is 8. The second-order valence-electron chi connectivity index (χ2n) is 7.47. The summed E-state index contributed by atoms with van der Waals surface area (Å²) in [5.74, 6) is 0.544. The van der Waals surface area contributed by atoms with E-state index in [2.05, 4.69) is 20.0 Å². The molecule has 2 heterocycles. The molecule has 9 nitrogen and oxygen atoms in total. The van der Waals surface area contributed by atoms with Crippen LogP contribution in [0.4, 0.5) is 16.3 Å². The van der Waals surface area contributed by atoms with Gasteiger partial charge >= 0.3 is 6.09 Å². The van der Waals surface area contributed by atoms with E-state index in [1.54, 1.807) is 11.1 Å². The van der Waals surface area contributed by atoms with Crippen LogP contribution in [0.2, 0.25) is 0 Å². The van der Waals surface area contributed by atoms with Crippen molar-refractivity contribution in [2.45, 2.75) is 31.2 Å². The predicted molar refractivity (Wildman–Crippen MR) is 124 cm³/mol. The first-order valence-corrected chi connectivity index (χ1v) is 11.6. The number of nitrogens with zero attached hydrogens (tertiary/aromatic N) is 4. The highest BCUT2D eigenvalue weighted by Gasteiger charge is 2.28. The number of carbonyl (C=O) groups excluding carboxylic acids is 2. The molecular weight excluding hydrogens is 430 g/mol. The second kappa shape index (κ2) is 11.1. The van der Waals surface area contributed by atoms with Crippen LogP contribution in [0.1, 0.15) is 29.3 Å². The first-order valence-electron chi connectivity index (χ1n) is 10.4. The predicted octanol–water partition coefficient (Wildman–Crippen LogP) is 2.95. The Morgan fingerprint density at radius 3 is 2.91 bits per heavy atom. The normalized spacial score (nSPS) is 14.6. The molecule has 32 heavy (non-hydrogen) atoms. The quantitative estimate of drug-likeness (QED) is 0.475. The summed E-state index contributed by atoms with van der Waals surface area (Å²) in [6, 6.07) is 7.79. The molecule has 0 saturated carbocycles. The summed E-state index contributed by atoms with van der Waals surface area (Å²) in [5.41, 5.74) is 2.28. The Labute approximate surface area is 192 Å². The number of fused-ring (bicyclic) bond motifs is 1. The Morgan fingerprint density at radius 1 is 1.34 bits per heavy atom. The van der Waals surface area contributed by atoms with E-state index in [9.17, 15) is 9.59 Å². The summed E-state index contributed by atoms with van der Waals surface area (Å²) in [7, 11) is 3.27. The molecule has 0 spiro atoms. The number of hydrogen-bond acceptors (Lipinski definition) is 8. The molecule has 0 fully saturated rings. The summed E-state index contributed by atoms with van der Waals surface area (Å²) < 4.78 is 10.5. The average molecular weight is 460 g/mol. The number of ether oxygens (including phenoxy) is 2. The third-order valence-corrected chi connectivity index (χ3v) is 5.75. The topological polar surface area (TPSA) is 96.9 Å². The number of likely N-dealkylation sites (N-methyl/N-ethyl adjacent to an activating group) is 1. The molecule has 3 rings (SSSR count). The summed E-state index contributed by atoms with van der Waals surface area (Å²) in [6.07, 6.45) is 3.70. The highest BCUT2D eigenvalue weighted by atomic mass is 32.2. The van der Waals surface area contributed by atoms with Crippen molar-refractivity contribution in [1.82, 2.24) is 15.3 Å². The van der Waals surface area contributed by atoms with Gasteiger partial charge in [0, 0.05) is 38.6 Å². The Kier molecular flexibility index (Phi) is 8.29. The number of carbonyl (C=O) groups is 2. The molecule has 2 aromatic rings. The molecule has 1 aliphatic rings. The number of methoxy groups -OCH3 is 1. The van der Waals surface area contributed by atoms with Gasteiger partial charge in [-0.2, -0.15) is 0 Å². The van der Waals surface area contributed by atoms with Crippen LogP contribution in [-0.2, 0) is 16.1 Å². The molecule has 2 amide bonds. The van der Waals surface area contributed by atoms with Gasteiger partial charge in [0.2, 0.25) is 0 Å². The van der Waals surface area contributed by atoms with Crippen LogP contribution in [0.15, 0.2) is 35.6 Å². The van der Waals surface area contributed by atoms with Crippen molar-refractivity contribution in [3.8, 4) is 0 Å². The molecule has 1 N–H and O–H groups in total. The van der Waals surface area contributed by atoms with Gasteiger partial charge in [-0.1, -0.05) is 23.9 Å². The minimum atomic E-state index is -0.450. The SMILES string of the molecule is COC(=O)NCCC(C)OCc1cccc(N2CCN(C)c3nc(SC)ncc3C2=O)c1. The van der Waals surface area contributed by atoms with Gasteiger partial charge in [0.15, 0.2) is 5.16 Å². The number of thioether (sulfide) groups is 1. The number of alkyl carbamates (subject to hydrolysis) is 1. The van der Waals surface area contributed by atoms with Crippen LogP contribution in [-0.4, -0.2) is 68.1 Å². The maximum absolute atomic E-state index is 13.3. The lowest BCUT2D eigenvalue weighted by atomic mass is 10.1. The van der Waals surface area contributed by atoms with E-state index in [-0.39, 0.29) is 12.0 Å². The fraction of sp³-hybridized carbons (Fsp3) is 0.455. The lowest BCUT2D eigenvalue weighted by Crippen LogP contribution is -2.33. The lowest BCUT2D eigenvalue weighted by Gasteiger charge is -2.22. The van der Waals surface area contributed by atoms with Crippen LogP contribution in [0.25, 0.3) is 0 Å². The van der Waals surface area contributed by atoms with E-state index < -0.39 is 6.09 Å². The molecule has 1 aliphatic heterocycles. The maximum Gasteiger partial charge on any atom is 0.406 e. The monoisotopic (exact) mass is 459 g/mol. The van der Waals surface area contributed by atoms with Crippen molar-refractivity contribution < 1.29 is 19.1 Å². The minimum absolute atomic E-state index is 0.0427. The number of hydrogen-bond donors (Lipinski definition) is 1. The molecule has 1 aromatic heterocycles. The van der Waals surface area contributed by atoms with E-state index in [1.807, 2.05) is 49.4 Å². The van der Waals surface area contributed by atoms with Gasteiger partial charge in [-0.25, -0.2) is 14.8 Å². The van der Waals surface area contributed by atoms with E-state index in [0.29, 0.717) is 49.2 Å². The van der Waals surface area contributed by atoms with Crippen LogP contribution in [0.3, 0.4) is 0 Å². The Hall–Kier alpha value is -2.85. The molecule has 1 unspecified atom stereocenters. The van der Waals surface area contributed by atoms with Crippen molar-refractivity contribution in [2.75, 3.05) is 49.8 Å². The van der Waals surface area contributed by atoms with Gasteiger partial charge < -0.3 is 24.6 Å².